The molecule has 0 spiro atoms. The van der Waals surface area contributed by atoms with Crippen LogP contribution in [0.2, 0.25) is 0 Å². The molecule has 0 amide bonds. The smallest absolute Gasteiger partial charge is 0.145 e. The first-order valence-electron chi connectivity index (χ1n) is 6.37. The molecule has 0 saturated heterocycles. The summed E-state index contributed by atoms with van der Waals surface area (Å²) in [5, 5.41) is 0. The summed E-state index contributed by atoms with van der Waals surface area (Å²) in [6.45, 7) is 0. The van der Waals surface area contributed by atoms with E-state index in [9.17, 15) is 9.59 Å². The number of hydrogen-bond acceptors (Lipinski definition) is 2. The second-order valence-corrected chi connectivity index (χ2v) is 7.18. The third-order valence-corrected chi connectivity index (χ3v) is 7.86. The lowest BCUT2D eigenvalue weighted by Crippen LogP contribution is -2.61. The standard InChI is InChI=1S/C13H12Cl2O2/c14-2-12-5-1-4-7-6(5)9(11(12)17)13(7,3-15)10(16)8(4)12/h4-9H,1-3H2. The molecule has 0 heterocycles. The van der Waals surface area contributed by atoms with E-state index in [0.29, 0.717) is 47.0 Å². The van der Waals surface area contributed by atoms with Crippen LogP contribution in [0, 0.1) is 46.3 Å². The molecule has 17 heavy (non-hydrogen) atoms. The Hall–Kier alpha value is -0.0800. The number of rotatable bonds is 2. The first kappa shape index (κ1) is 9.80. The van der Waals surface area contributed by atoms with Gasteiger partial charge in [0.1, 0.15) is 11.6 Å². The molecule has 8 atom stereocenters. The molecule has 0 aliphatic heterocycles. The molecule has 8 unspecified atom stereocenters. The van der Waals surface area contributed by atoms with Gasteiger partial charge in [0.25, 0.3) is 0 Å². The highest BCUT2D eigenvalue weighted by Gasteiger charge is 2.93. The zero-order chi connectivity index (χ0) is 11.7. The van der Waals surface area contributed by atoms with Crippen LogP contribution in [0.15, 0.2) is 0 Å². The zero-order valence-electron chi connectivity index (χ0n) is 9.16. The molecule has 5 rings (SSSR count). The molecule has 5 aliphatic carbocycles. The first-order valence-corrected chi connectivity index (χ1v) is 7.43. The lowest BCUT2D eigenvalue weighted by Gasteiger charge is -2.52. The highest BCUT2D eigenvalue weighted by atomic mass is 35.5. The lowest BCUT2D eigenvalue weighted by molar-refractivity contribution is -0.159. The van der Waals surface area contributed by atoms with Gasteiger partial charge in [-0.05, 0) is 30.1 Å². The van der Waals surface area contributed by atoms with Crippen LogP contribution in [0.25, 0.3) is 0 Å². The number of fused-ring (bicyclic) bond motifs is 2. The van der Waals surface area contributed by atoms with E-state index in [4.69, 9.17) is 23.2 Å². The summed E-state index contributed by atoms with van der Waals surface area (Å²) in [6, 6.07) is 0. The van der Waals surface area contributed by atoms with Crippen LogP contribution in [-0.4, -0.2) is 23.3 Å². The second kappa shape index (κ2) is 2.34. The Morgan fingerprint density at radius 1 is 1.06 bits per heavy atom. The Labute approximate surface area is 109 Å². The maximum Gasteiger partial charge on any atom is 0.145 e. The largest absolute Gasteiger partial charge is 0.299 e. The molecule has 0 aromatic carbocycles. The predicted molar refractivity (Wildman–Crippen MR) is 61.9 cm³/mol. The van der Waals surface area contributed by atoms with E-state index in [0.717, 1.165) is 6.42 Å². The van der Waals surface area contributed by atoms with Crippen molar-refractivity contribution >= 4 is 34.8 Å². The van der Waals surface area contributed by atoms with Crippen LogP contribution < -0.4 is 0 Å². The molecule has 90 valence electrons. The number of halogens is 2. The fourth-order valence-electron chi connectivity index (χ4n) is 6.80. The summed E-state index contributed by atoms with van der Waals surface area (Å²) in [6.07, 6.45) is 1.05. The van der Waals surface area contributed by atoms with Gasteiger partial charge in [0.15, 0.2) is 0 Å². The van der Waals surface area contributed by atoms with Crippen LogP contribution in [0.3, 0.4) is 0 Å². The van der Waals surface area contributed by atoms with E-state index >= 15 is 0 Å². The molecule has 0 radical (unpaired) electrons. The number of Topliss-reactive ketones (excluding diaryl/α,β-unsaturated/α-hetero) is 2. The van der Waals surface area contributed by atoms with Crippen LogP contribution in [-0.2, 0) is 9.59 Å². The van der Waals surface area contributed by atoms with Crippen molar-refractivity contribution in [3.05, 3.63) is 0 Å². The minimum atomic E-state index is -0.471. The van der Waals surface area contributed by atoms with E-state index in [1.54, 1.807) is 0 Å². The molecule has 2 nitrogen and oxygen atoms in total. The van der Waals surface area contributed by atoms with Crippen molar-refractivity contribution in [1.29, 1.82) is 0 Å². The van der Waals surface area contributed by atoms with E-state index in [1.807, 2.05) is 0 Å². The topological polar surface area (TPSA) is 34.1 Å². The predicted octanol–water partition coefficient (Wildman–Crippen LogP) is 1.73. The van der Waals surface area contributed by atoms with Gasteiger partial charge in [-0.1, -0.05) is 0 Å². The Balaban J connectivity index is 1.85. The Kier molecular flexibility index (Phi) is 1.35. The Morgan fingerprint density at radius 2 is 1.71 bits per heavy atom. The summed E-state index contributed by atoms with van der Waals surface area (Å²) in [4.78, 5) is 25.3. The molecule has 5 aliphatic rings. The van der Waals surface area contributed by atoms with Crippen molar-refractivity contribution in [1.82, 2.24) is 0 Å². The molecule has 0 N–H and O–H groups in total. The van der Waals surface area contributed by atoms with Gasteiger partial charge in [-0.2, -0.15) is 0 Å². The Bertz CT molecular complexity index is 498. The average Bonchev–Trinajstić information content (AvgIpc) is 2.82. The maximum atomic E-state index is 12.7. The van der Waals surface area contributed by atoms with Gasteiger partial charge in [0.05, 0.1) is 10.8 Å². The molecule has 0 aromatic heterocycles. The van der Waals surface area contributed by atoms with Gasteiger partial charge in [-0.25, -0.2) is 0 Å². The van der Waals surface area contributed by atoms with Gasteiger partial charge in [-0.15, -0.1) is 23.2 Å². The summed E-state index contributed by atoms with van der Waals surface area (Å²) >= 11 is 12.2. The molecule has 5 saturated carbocycles. The molecule has 4 heteroatoms. The summed E-state index contributed by atoms with van der Waals surface area (Å²) in [5.41, 5.74) is -0.930. The highest BCUT2D eigenvalue weighted by molar-refractivity contribution is 6.25. The third kappa shape index (κ3) is 0.565. The number of carbonyl (C=O) groups excluding carboxylic acids is 2. The normalized spacial score (nSPS) is 68.4. The molecule has 5 fully saturated rings. The van der Waals surface area contributed by atoms with Gasteiger partial charge >= 0.3 is 0 Å². The molecular formula is C13H12Cl2O2. The molecular weight excluding hydrogens is 259 g/mol. The first-order chi connectivity index (χ1) is 8.16. The summed E-state index contributed by atoms with van der Waals surface area (Å²) < 4.78 is 0. The summed E-state index contributed by atoms with van der Waals surface area (Å²) in [7, 11) is 0. The Morgan fingerprint density at radius 3 is 2.35 bits per heavy atom. The van der Waals surface area contributed by atoms with Crippen LogP contribution in [0.5, 0.6) is 0 Å². The van der Waals surface area contributed by atoms with E-state index in [1.165, 1.54) is 0 Å². The number of carbonyl (C=O) groups is 2. The fraction of sp³-hybridized carbons (Fsp3) is 0.846. The minimum absolute atomic E-state index is 0.0648. The monoisotopic (exact) mass is 270 g/mol. The second-order valence-electron chi connectivity index (χ2n) is 6.64. The fourth-order valence-corrected chi connectivity index (χ4v) is 7.77. The molecule has 2 bridgehead atoms. The number of ketones is 2. The summed E-state index contributed by atoms with van der Waals surface area (Å²) in [5.74, 6) is 2.86. The quantitative estimate of drug-likeness (QED) is 0.717. The van der Waals surface area contributed by atoms with E-state index < -0.39 is 10.8 Å². The van der Waals surface area contributed by atoms with Crippen molar-refractivity contribution < 1.29 is 9.59 Å². The van der Waals surface area contributed by atoms with E-state index in [-0.39, 0.29) is 11.8 Å². The average molecular weight is 271 g/mol. The van der Waals surface area contributed by atoms with Crippen LogP contribution >= 0.6 is 23.2 Å². The number of alkyl halides is 2. The van der Waals surface area contributed by atoms with Crippen molar-refractivity contribution in [2.45, 2.75) is 6.42 Å². The van der Waals surface area contributed by atoms with Gasteiger partial charge in [0.2, 0.25) is 0 Å². The minimum Gasteiger partial charge on any atom is -0.299 e. The SMILES string of the molecule is O=C1C2C3C4CC5C(C(=O)C2(CCl)C53)C14CCl. The van der Waals surface area contributed by atoms with Crippen molar-refractivity contribution in [3.63, 3.8) is 0 Å². The van der Waals surface area contributed by atoms with Crippen molar-refractivity contribution in [3.8, 4) is 0 Å². The van der Waals surface area contributed by atoms with Gasteiger partial charge in [0, 0.05) is 23.6 Å². The molecule has 0 aromatic rings. The lowest BCUT2D eigenvalue weighted by atomic mass is 9.49. The number of hydrogen-bond donors (Lipinski definition) is 0. The van der Waals surface area contributed by atoms with Crippen molar-refractivity contribution in [2.24, 2.45) is 46.3 Å². The van der Waals surface area contributed by atoms with E-state index in [2.05, 4.69) is 0 Å². The van der Waals surface area contributed by atoms with Crippen LogP contribution in [0.4, 0.5) is 0 Å². The zero-order valence-corrected chi connectivity index (χ0v) is 10.7. The van der Waals surface area contributed by atoms with Crippen LogP contribution in [0.1, 0.15) is 6.42 Å². The van der Waals surface area contributed by atoms with Gasteiger partial charge < -0.3 is 0 Å². The maximum absolute atomic E-state index is 12.7. The highest BCUT2D eigenvalue weighted by Crippen LogP contribution is 2.88. The van der Waals surface area contributed by atoms with Crippen molar-refractivity contribution in [2.75, 3.05) is 11.8 Å². The third-order valence-electron chi connectivity index (χ3n) is 6.97. The van der Waals surface area contributed by atoms with Gasteiger partial charge in [-0.3, -0.25) is 9.59 Å².